The molecule has 0 fully saturated rings. The number of rotatable bonds is 5. The van der Waals surface area contributed by atoms with Crippen LogP contribution in [0.2, 0.25) is 5.02 Å². The molecule has 3 aromatic rings. The van der Waals surface area contributed by atoms with Crippen molar-refractivity contribution in [3.05, 3.63) is 77.3 Å². The van der Waals surface area contributed by atoms with Crippen LogP contribution in [0.4, 0.5) is 0 Å². The minimum atomic E-state index is 0.0260. The van der Waals surface area contributed by atoms with E-state index in [2.05, 4.69) is 35.6 Å². The highest BCUT2D eigenvalue weighted by Crippen LogP contribution is 2.23. The van der Waals surface area contributed by atoms with E-state index in [0.29, 0.717) is 17.3 Å². The third kappa shape index (κ3) is 4.50. The summed E-state index contributed by atoms with van der Waals surface area (Å²) in [4.78, 5) is 13.1. The van der Waals surface area contributed by atoms with Crippen molar-refractivity contribution in [1.29, 1.82) is 0 Å². The summed E-state index contributed by atoms with van der Waals surface area (Å²) in [6.07, 6.45) is 0. The molecule has 1 amide bonds. The van der Waals surface area contributed by atoms with Crippen LogP contribution in [0.1, 0.15) is 5.56 Å². The Hall–Kier alpha value is -1.97. The predicted molar refractivity (Wildman–Crippen MR) is 98.0 cm³/mol. The average molecular weight is 342 g/mol. The van der Waals surface area contributed by atoms with Gasteiger partial charge in [0.15, 0.2) is 0 Å². The first-order valence-electron chi connectivity index (χ1n) is 7.33. The molecule has 0 atom stereocenters. The molecule has 0 radical (unpaired) electrons. The van der Waals surface area contributed by atoms with Gasteiger partial charge >= 0.3 is 0 Å². The molecule has 0 spiro atoms. The molecule has 1 N–H and O–H groups in total. The van der Waals surface area contributed by atoms with Crippen LogP contribution in [0, 0.1) is 0 Å². The van der Waals surface area contributed by atoms with Crippen molar-refractivity contribution in [2.75, 3.05) is 5.75 Å². The zero-order chi connectivity index (χ0) is 16.1. The monoisotopic (exact) mass is 341 g/mol. The minimum absolute atomic E-state index is 0.0260. The largest absolute Gasteiger partial charge is 0.351 e. The number of hydrogen-bond donors (Lipinski definition) is 1. The second-order valence-corrected chi connectivity index (χ2v) is 6.69. The van der Waals surface area contributed by atoms with Crippen molar-refractivity contribution in [3.8, 4) is 0 Å². The number of carbonyl (C=O) groups excluding carboxylic acids is 1. The van der Waals surface area contributed by atoms with Crippen molar-refractivity contribution in [2.45, 2.75) is 11.4 Å². The van der Waals surface area contributed by atoms with E-state index in [0.717, 1.165) is 10.5 Å². The summed E-state index contributed by atoms with van der Waals surface area (Å²) in [6.45, 7) is 0.522. The maximum Gasteiger partial charge on any atom is 0.230 e. The van der Waals surface area contributed by atoms with Gasteiger partial charge in [-0.05, 0) is 40.6 Å². The molecule has 0 saturated heterocycles. The van der Waals surface area contributed by atoms with Gasteiger partial charge in [0.25, 0.3) is 0 Å². The number of nitrogens with one attached hydrogen (secondary N) is 1. The zero-order valence-electron chi connectivity index (χ0n) is 12.5. The Morgan fingerprint density at radius 3 is 2.48 bits per heavy atom. The van der Waals surface area contributed by atoms with E-state index in [9.17, 15) is 4.79 Å². The Morgan fingerprint density at radius 2 is 1.70 bits per heavy atom. The Balaban J connectivity index is 1.52. The molecular formula is C19H16ClNOS. The highest BCUT2D eigenvalue weighted by Gasteiger charge is 2.04. The average Bonchev–Trinajstić information content (AvgIpc) is 2.59. The molecule has 0 aliphatic carbocycles. The number of thioether (sulfide) groups is 1. The van der Waals surface area contributed by atoms with Gasteiger partial charge in [0.05, 0.1) is 5.75 Å². The Kier molecular flexibility index (Phi) is 5.21. The Morgan fingerprint density at radius 1 is 0.957 bits per heavy atom. The lowest BCUT2D eigenvalue weighted by molar-refractivity contribution is -0.118. The summed E-state index contributed by atoms with van der Waals surface area (Å²) < 4.78 is 0. The normalized spacial score (nSPS) is 10.7. The molecule has 2 nitrogen and oxygen atoms in total. The van der Waals surface area contributed by atoms with Crippen LogP contribution in [-0.2, 0) is 11.3 Å². The molecule has 116 valence electrons. The number of carbonyl (C=O) groups is 1. The molecule has 0 heterocycles. The molecule has 0 aromatic heterocycles. The van der Waals surface area contributed by atoms with Gasteiger partial charge in [-0.2, -0.15) is 0 Å². The van der Waals surface area contributed by atoms with E-state index in [1.807, 2.05) is 36.4 Å². The lowest BCUT2D eigenvalue weighted by Gasteiger charge is -2.06. The minimum Gasteiger partial charge on any atom is -0.351 e. The fourth-order valence-corrected chi connectivity index (χ4v) is 3.16. The van der Waals surface area contributed by atoms with E-state index in [-0.39, 0.29) is 5.91 Å². The van der Waals surface area contributed by atoms with Crippen molar-refractivity contribution in [3.63, 3.8) is 0 Å². The molecule has 3 rings (SSSR count). The van der Waals surface area contributed by atoms with Crippen molar-refractivity contribution >= 4 is 40.0 Å². The first kappa shape index (κ1) is 15.9. The first-order chi connectivity index (χ1) is 11.2. The second kappa shape index (κ2) is 7.53. The van der Waals surface area contributed by atoms with Gasteiger partial charge in [-0.1, -0.05) is 54.1 Å². The topological polar surface area (TPSA) is 29.1 Å². The first-order valence-corrected chi connectivity index (χ1v) is 8.70. The van der Waals surface area contributed by atoms with Crippen molar-refractivity contribution < 1.29 is 4.79 Å². The highest BCUT2D eigenvalue weighted by molar-refractivity contribution is 8.00. The number of halogens is 1. The second-order valence-electron chi connectivity index (χ2n) is 5.20. The summed E-state index contributed by atoms with van der Waals surface area (Å²) in [5.41, 5.74) is 1.04. The molecule has 0 aliphatic rings. The van der Waals surface area contributed by atoms with Gasteiger partial charge in [-0.15, -0.1) is 11.8 Å². The summed E-state index contributed by atoms with van der Waals surface area (Å²) >= 11 is 7.39. The van der Waals surface area contributed by atoms with E-state index in [1.165, 1.54) is 10.8 Å². The van der Waals surface area contributed by atoms with Gasteiger partial charge < -0.3 is 5.32 Å². The lowest BCUT2D eigenvalue weighted by atomic mass is 10.1. The summed E-state index contributed by atoms with van der Waals surface area (Å²) in [5.74, 6) is 0.435. The van der Waals surface area contributed by atoms with Crippen molar-refractivity contribution in [2.24, 2.45) is 0 Å². The SMILES string of the molecule is O=C(CSc1ccc2ccccc2c1)NCc1ccc(Cl)cc1. The predicted octanol–water partition coefficient (Wildman–Crippen LogP) is 4.90. The van der Waals surface area contributed by atoms with Crippen LogP contribution in [0.5, 0.6) is 0 Å². The summed E-state index contributed by atoms with van der Waals surface area (Å²) in [7, 11) is 0. The fourth-order valence-electron chi connectivity index (χ4n) is 2.26. The van der Waals surface area contributed by atoms with Gasteiger partial charge in [0.2, 0.25) is 5.91 Å². The third-order valence-corrected chi connectivity index (χ3v) is 4.74. The van der Waals surface area contributed by atoms with Crippen LogP contribution in [0.3, 0.4) is 0 Å². The smallest absolute Gasteiger partial charge is 0.230 e. The molecule has 4 heteroatoms. The van der Waals surface area contributed by atoms with Gasteiger partial charge in [-0.3, -0.25) is 4.79 Å². The zero-order valence-corrected chi connectivity index (χ0v) is 14.0. The molecule has 0 saturated carbocycles. The van der Waals surface area contributed by atoms with Gasteiger partial charge in [-0.25, -0.2) is 0 Å². The maximum absolute atomic E-state index is 12.0. The third-order valence-electron chi connectivity index (χ3n) is 3.49. The van der Waals surface area contributed by atoms with E-state index in [1.54, 1.807) is 11.8 Å². The molecule has 0 bridgehead atoms. The molecule has 3 aromatic carbocycles. The fraction of sp³-hybridized carbons (Fsp3) is 0.105. The number of fused-ring (bicyclic) bond motifs is 1. The van der Waals surface area contributed by atoms with E-state index >= 15 is 0 Å². The molecule has 23 heavy (non-hydrogen) atoms. The van der Waals surface area contributed by atoms with Gasteiger partial charge in [0, 0.05) is 16.5 Å². The maximum atomic E-state index is 12.0. The quantitative estimate of drug-likeness (QED) is 0.668. The highest BCUT2D eigenvalue weighted by atomic mass is 35.5. The summed E-state index contributed by atoms with van der Waals surface area (Å²) in [5, 5.41) is 6.03. The Bertz CT molecular complexity index is 817. The van der Waals surface area contributed by atoms with Crippen LogP contribution in [0.25, 0.3) is 10.8 Å². The van der Waals surface area contributed by atoms with Crippen LogP contribution >= 0.6 is 23.4 Å². The summed E-state index contributed by atoms with van der Waals surface area (Å²) in [6, 6.07) is 22.0. The number of amides is 1. The number of benzene rings is 3. The number of hydrogen-bond acceptors (Lipinski definition) is 2. The van der Waals surface area contributed by atoms with Gasteiger partial charge in [0.1, 0.15) is 0 Å². The standard InChI is InChI=1S/C19H16ClNOS/c20-17-8-5-14(6-9-17)12-21-19(22)13-23-18-10-7-15-3-1-2-4-16(15)11-18/h1-11H,12-13H2,(H,21,22). The molecular weight excluding hydrogens is 326 g/mol. The van der Waals surface area contributed by atoms with E-state index < -0.39 is 0 Å². The van der Waals surface area contributed by atoms with E-state index in [4.69, 9.17) is 11.6 Å². The Labute approximate surface area is 144 Å². The van der Waals surface area contributed by atoms with Crippen molar-refractivity contribution in [1.82, 2.24) is 5.32 Å². The molecule has 0 aliphatic heterocycles. The lowest BCUT2D eigenvalue weighted by Crippen LogP contribution is -2.24. The molecule has 0 unspecified atom stereocenters. The van der Waals surface area contributed by atoms with Crippen LogP contribution < -0.4 is 5.32 Å². The van der Waals surface area contributed by atoms with Crippen LogP contribution in [0.15, 0.2) is 71.6 Å². The van der Waals surface area contributed by atoms with Crippen LogP contribution in [-0.4, -0.2) is 11.7 Å².